The molecule has 0 saturated heterocycles. The SMILES string of the molecule is CC(C)[Si](C#Cc1c(C(=O)NC(C)(C)c2ccccn2)ccc2c1OCCO2)(C(C)C)C(C)C. The van der Waals surface area contributed by atoms with E-state index < -0.39 is 13.6 Å². The molecule has 0 atom stereocenters. The van der Waals surface area contributed by atoms with Gasteiger partial charge in [0.15, 0.2) is 11.5 Å². The van der Waals surface area contributed by atoms with Crippen LogP contribution in [-0.2, 0) is 5.54 Å². The van der Waals surface area contributed by atoms with E-state index in [1.807, 2.05) is 32.0 Å². The summed E-state index contributed by atoms with van der Waals surface area (Å²) in [4.78, 5) is 18.0. The molecule has 1 N–H and O–H groups in total. The fourth-order valence-corrected chi connectivity index (χ4v) is 10.4. The Labute approximate surface area is 205 Å². The second-order valence-electron chi connectivity index (χ2n) is 10.5. The van der Waals surface area contributed by atoms with E-state index in [0.29, 0.717) is 52.5 Å². The Kier molecular flexibility index (Phi) is 7.77. The average molecular weight is 479 g/mol. The maximum absolute atomic E-state index is 13.6. The number of carbonyl (C=O) groups is 1. The summed E-state index contributed by atoms with van der Waals surface area (Å²) in [6.45, 7) is 18.5. The predicted octanol–water partition coefficient (Wildman–Crippen LogP) is 6.09. The van der Waals surface area contributed by atoms with Gasteiger partial charge in [0.25, 0.3) is 5.91 Å². The number of hydrogen-bond acceptors (Lipinski definition) is 4. The molecular weight excluding hydrogens is 440 g/mol. The summed E-state index contributed by atoms with van der Waals surface area (Å²) < 4.78 is 11.8. The Morgan fingerprint density at radius 2 is 1.65 bits per heavy atom. The molecule has 0 saturated carbocycles. The number of hydrogen-bond donors (Lipinski definition) is 1. The Bertz CT molecular complexity index is 1060. The molecule has 0 spiro atoms. The minimum atomic E-state index is -2.01. The summed E-state index contributed by atoms with van der Waals surface area (Å²) in [6, 6.07) is 9.30. The quantitative estimate of drug-likeness (QED) is 0.403. The number of rotatable bonds is 6. The average Bonchev–Trinajstić information content (AvgIpc) is 2.79. The molecule has 1 aromatic carbocycles. The monoisotopic (exact) mass is 478 g/mol. The van der Waals surface area contributed by atoms with Gasteiger partial charge in [0.05, 0.1) is 22.4 Å². The lowest BCUT2D eigenvalue weighted by molar-refractivity contribution is 0.0908. The lowest BCUT2D eigenvalue weighted by Crippen LogP contribution is -2.43. The number of ether oxygens (including phenoxy) is 2. The fourth-order valence-electron chi connectivity index (χ4n) is 5.18. The number of aromatic nitrogens is 1. The van der Waals surface area contributed by atoms with Gasteiger partial charge >= 0.3 is 0 Å². The molecule has 1 aliphatic heterocycles. The zero-order chi connectivity index (χ0) is 25.1. The van der Waals surface area contributed by atoms with Crippen molar-refractivity contribution in [2.75, 3.05) is 13.2 Å². The summed E-state index contributed by atoms with van der Waals surface area (Å²) in [5.74, 6) is 4.47. The maximum atomic E-state index is 13.6. The summed E-state index contributed by atoms with van der Waals surface area (Å²) in [5, 5.41) is 3.15. The largest absolute Gasteiger partial charge is 0.486 e. The Balaban J connectivity index is 2.11. The van der Waals surface area contributed by atoms with Gasteiger partial charge in [-0.1, -0.05) is 53.5 Å². The number of nitrogens with one attached hydrogen (secondary N) is 1. The Morgan fingerprint density at radius 3 is 2.24 bits per heavy atom. The van der Waals surface area contributed by atoms with Crippen molar-refractivity contribution in [2.24, 2.45) is 0 Å². The lowest BCUT2D eigenvalue weighted by atomic mass is 9.98. The van der Waals surface area contributed by atoms with Gasteiger partial charge in [-0.2, -0.15) is 0 Å². The van der Waals surface area contributed by atoms with Crippen molar-refractivity contribution in [1.82, 2.24) is 10.3 Å². The standard InChI is InChI=1S/C28H38N2O3Si/c1-19(2)34(20(3)4,21(5)6)18-14-22-23(12-13-24-26(22)33-17-16-32-24)27(31)30-28(7,8)25-11-9-10-15-29-25/h9-13,15,19-21H,16-17H2,1-8H3,(H,30,31). The highest BCUT2D eigenvalue weighted by Crippen LogP contribution is 2.42. The minimum Gasteiger partial charge on any atom is -0.486 e. The summed E-state index contributed by atoms with van der Waals surface area (Å²) in [7, 11) is -2.01. The van der Waals surface area contributed by atoms with Gasteiger partial charge in [-0.15, -0.1) is 5.54 Å². The van der Waals surface area contributed by atoms with Gasteiger partial charge in [-0.05, 0) is 54.7 Å². The van der Waals surface area contributed by atoms with Crippen molar-refractivity contribution in [3.05, 3.63) is 53.3 Å². The maximum Gasteiger partial charge on any atom is 0.253 e. The number of amides is 1. The molecule has 2 heterocycles. The third-order valence-electron chi connectivity index (χ3n) is 6.95. The van der Waals surface area contributed by atoms with Crippen LogP contribution in [0.4, 0.5) is 0 Å². The molecule has 1 aromatic heterocycles. The molecule has 1 aliphatic rings. The summed E-state index contributed by atoms with van der Waals surface area (Å²) in [6.07, 6.45) is 1.73. The highest BCUT2D eigenvalue weighted by Gasteiger charge is 2.42. The molecule has 0 unspecified atom stereocenters. The Hall–Kier alpha value is -2.78. The van der Waals surface area contributed by atoms with E-state index in [9.17, 15) is 4.79 Å². The van der Waals surface area contributed by atoms with E-state index in [2.05, 4.69) is 63.3 Å². The molecule has 182 valence electrons. The molecule has 34 heavy (non-hydrogen) atoms. The molecule has 3 rings (SSSR count). The van der Waals surface area contributed by atoms with Gasteiger partial charge in [0, 0.05) is 6.20 Å². The van der Waals surface area contributed by atoms with Crippen molar-refractivity contribution >= 4 is 14.0 Å². The molecule has 6 heteroatoms. The first-order valence-electron chi connectivity index (χ1n) is 12.2. The van der Waals surface area contributed by atoms with Crippen LogP contribution in [0.15, 0.2) is 36.5 Å². The molecule has 5 nitrogen and oxygen atoms in total. The van der Waals surface area contributed by atoms with E-state index >= 15 is 0 Å². The first-order valence-corrected chi connectivity index (χ1v) is 14.4. The minimum absolute atomic E-state index is 0.206. The van der Waals surface area contributed by atoms with Gasteiger partial charge in [0.2, 0.25) is 0 Å². The molecular formula is C28H38N2O3Si. The molecule has 0 fully saturated rings. The van der Waals surface area contributed by atoms with E-state index in [0.717, 1.165) is 5.69 Å². The fraction of sp³-hybridized carbons (Fsp3) is 0.500. The topological polar surface area (TPSA) is 60.5 Å². The molecule has 0 bridgehead atoms. The zero-order valence-electron chi connectivity index (χ0n) is 21.8. The molecule has 1 amide bonds. The number of carbonyl (C=O) groups excluding carboxylic acids is 1. The van der Waals surface area contributed by atoms with Crippen LogP contribution >= 0.6 is 0 Å². The van der Waals surface area contributed by atoms with Crippen LogP contribution in [0.1, 0.15) is 77.0 Å². The van der Waals surface area contributed by atoms with Gasteiger partial charge in [-0.25, -0.2) is 0 Å². The lowest BCUT2D eigenvalue weighted by Gasteiger charge is -2.38. The van der Waals surface area contributed by atoms with Crippen LogP contribution in [-0.4, -0.2) is 32.2 Å². The highest BCUT2D eigenvalue weighted by atomic mass is 28.3. The normalized spacial score (nSPS) is 13.6. The van der Waals surface area contributed by atoms with E-state index in [1.54, 1.807) is 18.3 Å². The second kappa shape index (κ2) is 10.2. The summed E-state index contributed by atoms with van der Waals surface area (Å²) >= 11 is 0. The predicted molar refractivity (Wildman–Crippen MR) is 140 cm³/mol. The van der Waals surface area contributed by atoms with Crippen molar-refractivity contribution in [3.63, 3.8) is 0 Å². The van der Waals surface area contributed by atoms with Crippen molar-refractivity contribution in [2.45, 2.75) is 77.6 Å². The number of benzene rings is 1. The summed E-state index contributed by atoms with van der Waals surface area (Å²) in [5.41, 5.74) is 6.46. The van der Waals surface area contributed by atoms with Gasteiger partial charge in [-0.3, -0.25) is 9.78 Å². The first kappa shape index (κ1) is 25.8. The smallest absolute Gasteiger partial charge is 0.253 e. The third kappa shape index (κ3) is 5.00. The highest BCUT2D eigenvalue weighted by molar-refractivity contribution is 6.90. The van der Waals surface area contributed by atoms with Crippen LogP contribution in [0.3, 0.4) is 0 Å². The van der Waals surface area contributed by atoms with Crippen molar-refractivity contribution in [1.29, 1.82) is 0 Å². The van der Waals surface area contributed by atoms with Crippen molar-refractivity contribution < 1.29 is 14.3 Å². The van der Waals surface area contributed by atoms with Crippen LogP contribution in [0.25, 0.3) is 0 Å². The van der Waals surface area contributed by atoms with Gasteiger partial charge in [0.1, 0.15) is 21.3 Å². The molecule has 0 radical (unpaired) electrons. The van der Waals surface area contributed by atoms with Crippen molar-refractivity contribution in [3.8, 4) is 23.0 Å². The number of fused-ring (bicyclic) bond motifs is 1. The van der Waals surface area contributed by atoms with E-state index in [-0.39, 0.29) is 5.91 Å². The Morgan fingerprint density at radius 1 is 1.00 bits per heavy atom. The third-order valence-corrected chi connectivity index (χ3v) is 13.2. The van der Waals surface area contributed by atoms with E-state index in [1.165, 1.54) is 0 Å². The molecule has 2 aromatic rings. The second-order valence-corrected chi connectivity index (χ2v) is 16.0. The zero-order valence-corrected chi connectivity index (χ0v) is 22.8. The van der Waals surface area contributed by atoms with Crippen LogP contribution in [0.5, 0.6) is 11.5 Å². The number of nitrogens with zero attached hydrogens (tertiary/aromatic N) is 1. The first-order chi connectivity index (χ1) is 16.0. The van der Waals surface area contributed by atoms with Crippen LogP contribution in [0, 0.1) is 11.5 Å². The van der Waals surface area contributed by atoms with Gasteiger partial charge < -0.3 is 14.8 Å². The van der Waals surface area contributed by atoms with Crippen LogP contribution in [0.2, 0.25) is 16.6 Å². The van der Waals surface area contributed by atoms with Crippen LogP contribution < -0.4 is 14.8 Å². The number of pyridine rings is 1. The van der Waals surface area contributed by atoms with E-state index in [4.69, 9.17) is 9.47 Å². The molecule has 0 aliphatic carbocycles.